The van der Waals surface area contributed by atoms with Gasteiger partial charge in [-0.3, -0.25) is 9.59 Å². The highest BCUT2D eigenvalue weighted by Crippen LogP contribution is 2.31. The average Bonchev–Trinajstić information content (AvgIpc) is 3.48. The van der Waals surface area contributed by atoms with E-state index in [0.29, 0.717) is 16.7 Å². The maximum absolute atomic E-state index is 13.0. The molecule has 0 spiro atoms. The van der Waals surface area contributed by atoms with E-state index in [9.17, 15) is 9.59 Å². The van der Waals surface area contributed by atoms with Crippen molar-refractivity contribution in [1.29, 1.82) is 0 Å². The summed E-state index contributed by atoms with van der Waals surface area (Å²) in [6.07, 6.45) is 4.40. The third-order valence-electron chi connectivity index (χ3n) is 5.14. The lowest BCUT2D eigenvalue weighted by molar-refractivity contribution is -0.146. The molecule has 3 rings (SSSR count). The molecule has 0 radical (unpaired) electrons. The number of aromatic nitrogens is 4. The van der Waals surface area contributed by atoms with E-state index in [1.807, 2.05) is 4.68 Å². The molecule has 1 fully saturated rings. The van der Waals surface area contributed by atoms with Gasteiger partial charge >= 0.3 is 5.97 Å². The lowest BCUT2D eigenvalue weighted by atomic mass is 10.2. The number of hydrogen-bond donors (Lipinski definition) is 0. The van der Waals surface area contributed by atoms with Crippen molar-refractivity contribution in [3.63, 3.8) is 0 Å². The Hall–Kier alpha value is -2.82. The predicted molar refractivity (Wildman–Crippen MR) is 113 cm³/mol. The van der Waals surface area contributed by atoms with E-state index in [2.05, 4.69) is 15.5 Å². The van der Waals surface area contributed by atoms with E-state index >= 15 is 0 Å². The minimum Gasteiger partial charge on any atom is -0.497 e. The van der Waals surface area contributed by atoms with Gasteiger partial charge in [-0.25, -0.2) is 4.68 Å². The van der Waals surface area contributed by atoms with Gasteiger partial charge in [-0.05, 0) is 41.0 Å². The molecule has 0 bridgehead atoms. The maximum Gasteiger partial charge on any atom is 0.325 e. The average molecular weight is 450 g/mol. The number of nitrogens with zero attached hydrogens (tertiary/aromatic N) is 5. The molecule has 0 atom stereocenters. The van der Waals surface area contributed by atoms with Gasteiger partial charge in [-0.1, -0.05) is 24.6 Å². The van der Waals surface area contributed by atoms with E-state index < -0.39 is 5.97 Å². The van der Waals surface area contributed by atoms with E-state index in [4.69, 9.17) is 14.2 Å². The van der Waals surface area contributed by atoms with Crippen LogP contribution in [0, 0.1) is 0 Å². The summed E-state index contributed by atoms with van der Waals surface area (Å²) in [5, 5.41) is 12.5. The normalized spacial score (nSPS) is 13.8. The number of carbonyl (C=O) groups excluding carboxylic acids is 2. The fourth-order valence-corrected chi connectivity index (χ4v) is 4.35. The summed E-state index contributed by atoms with van der Waals surface area (Å²) in [7, 11) is 4.41. The Bertz CT molecular complexity index is 878. The van der Waals surface area contributed by atoms with Crippen LogP contribution in [0.4, 0.5) is 0 Å². The summed E-state index contributed by atoms with van der Waals surface area (Å²) in [4.78, 5) is 26.3. The zero-order valence-electron chi connectivity index (χ0n) is 17.9. The largest absolute Gasteiger partial charge is 0.497 e. The summed E-state index contributed by atoms with van der Waals surface area (Å²) in [6, 6.07) is 5.62. The molecule has 31 heavy (non-hydrogen) atoms. The molecule has 1 heterocycles. The number of thioether (sulfide) groups is 1. The molecule has 2 aromatic rings. The van der Waals surface area contributed by atoms with Crippen LogP contribution in [0.3, 0.4) is 0 Å². The van der Waals surface area contributed by atoms with Crippen LogP contribution in [0.5, 0.6) is 11.5 Å². The third kappa shape index (κ3) is 6.09. The quantitative estimate of drug-likeness (QED) is 0.398. The van der Waals surface area contributed by atoms with Crippen LogP contribution < -0.4 is 9.47 Å². The van der Waals surface area contributed by atoms with Gasteiger partial charge < -0.3 is 19.1 Å². The SMILES string of the molecule is COC(=O)CN(Cc1cc(OC)cc(OC)c1)C(=O)CSc1nnnn1C1CCCC1. The molecule has 0 aliphatic heterocycles. The Balaban J connectivity index is 1.71. The van der Waals surface area contributed by atoms with Crippen LogP contribution in [0.1, 0.15) is 37.3 Å². The summed E-state index contributed by atoms with van der Waals surface area (Å²) in [5.41, 5.74) is 0.772. The van der Waals surface area contributed by atoms with Crippen molar-refractivity contribution >= 4 is 23.6 Å². The first kappa shape index (κ1) is 22.9. The number of carbonyl (C=O) groups is 2. The van der Waals surface area contributed by atoms with E-state index in [1.54, 1.807) is 32.4 Å². The van der Waals surface area contributed by atoms with Crippen molar-refractivity contribution in [2.24, 2.45) is 0 Å². The molecule has 1 aromatic heterocycles. The molecule has 0 saturated heterocycles. The molecule has 168 valence electrons. The minimum atomic E-state index is -0.496. The second kappa shape index (κ2) is 11.0. The Labute approximate surface area is 185 Å². The van der Waals surface area contributed by atoms with Crippen molar-refractivity contribution in [2.45, 2.75) is 43.4 Å². The molecule has 1 amide bonds. The Morgan fingerprint density at radius 1 is 1.13 bits per heavy atom. The van der Waals surface area contributed by atoms with E-state index in [1.165, 1.54) is 23.8 Å². The monoisotopic (exact) mass is 449 g/mol. The van der Waals surface area contributed by atoms with Crippen molar-refractivity contribution in [3.8, 4) is 11.5 Å². The Morgan fingerprint density at radius 3 is 2.42 bits per heavy atom. The van der Waals surface area contributed by atoms with Crippen LogP contribution in [0.2, 0.25) is 0 Å². The summed E-state index contributed by atoms with van der Waals surface area (Å²) < 4.78 is 17.2. The van der Waals surface area contributed by atoms with Gasteiger partial charge in [0.15, 0.2) is 0 Å². The highest BCUT2D eigenvalue weighted by Gasteiger charge is 2.24. The molecule has 1 aliphatic rings. The Kier molecular flexibility index (Phi) is 8.10. The summed E-state index contributed by atoms with van der Waals surface area (Å²) in [5.74, 6) is 0.586. The lowest BCUT2D eigenvalue weighted by Crippen LogP contribution is -2.37. The van der Waals surface area contributed by atoms with Crippen molar-refractivity contribution in [2.75, 3.05) is 33.6 Å². The number of hydrogen-bond acceptors (Lipinski definition) is 9. The van der Waals surface area contributed by atoms with Gasteiger partial charge in [-0.2, -0.15) is 0 Å². The maximum atomic E-state index is 13.0. The van der Waals surface area contributed by atoms with Crippen LogP contribution in [-0.4, -0.2) is 70.6 Å². The van der Waals surface area contributed by atoms with Gasteiger partial charge in [0, 0.05) is 12.6 Å². The molecule has 0 N–H and O–H groups in total. The smallest absolute Gasteiger partial charge is 0.325 e. The van der Waals surface area contributed by atoms with Gasteiger partial charge in [0.1, 0.15) is 18.0 Å². The first-order valence-electron chi connectivity index (χ1n) is 10.0. The zero-order valence-corrected chi connectivity index (χ0v) is 18.8. The van der Waals surface area contributed by atoms with Crippen molar-refractivity contribution < 1.29 is 23.8 Å². The predicted octanol–water partition coefficient (Wildman–Crippen LogP) is 2.10. The van der Waals surface area contributed by atoms with Crippen molar-refractivity contribution in [1.82, 2.24) is 25.1 Å². The molecule has 10 nitrogen and oxygen atoms in total. The first-order valence-corrected chi connectivity index (χ1v) is 11.0. The lowest BCUT2D eigenvalue weighted by Gasteiger charge is -2.22. The summed E-state index contributed by atoms with van der Waals surface area (Å²) in [6.45, 7) is 0.0403. The highest BCUT2D eigenvalue weighted by atomic mass is 32.2. The summed E-state index contributed by atoms with van der Waals surface area (Å²) >= 11 is 1.27. The van der Waals surface area contributed by atoms with E-state index in [0.717, 1.165) is 31.2 Å². The highest BCUT2D eigenvalue weighted by molar-refractivity contribution is 7.99. The number of rotatable bonds is 10. The van der Waals surface area contributed by atoms with Gasteiger partial charge in [0.2, 0.25) is 11.1 Å². The van der Waals surface area contributed by atoms with Gasteiger partial charge in [0.25, 0.3) is 0 Å². The fraction of sp³-hybridized carbons (Fsp3) is 0.550. The topological polar surface area (TPSA) is 109 Å². The Morgan fingerprint density at radius 2 is 1.81 bits per heavy atom. The van der Waals surface area contributed by atoms with Crippen LogP contribution >= 0.6 is 11.8 Å². The third-order valence-corrected chi connectivity index (χ3v) is 6.06. The van der Waals surface area contributed by atoms with Crippen molar-refractivity contribution in [3.05, 3.63) is 23.8 Å². The number of amides is 1. The standard InChI is InChI=1S/C20H27N5O5S/c1-28-16-8-14(9-17(10-16)29-2)11-24(12-19(27)30-3)18(26)13-31-20-21-22-23-25(20)15-6-4-5-7-15/h8-10,15H,4-7,11-13H2,1-3H3. The van der Waals surface area contributed by atoms with Gasteiger partial charge in [0.05, 0.1) is 33.1 Å². The molecule has 11 heteroatoms. The van der Waals surface area contributed by atoms with Gasteiger partial charge in [-0.15, -0.1) is 5.10 Å². The second-order valence-corrected chi connectivity index (χ2v) is 8.12. The molecular formula is C20H27N5O5S. The number of esters is 1. The van der Waals surface area contributed by atoms with Crippen LogP contribution in [0.15, 0.2) is 23.4 Å². The zero-order chi connectivity index (χ0) is 22.2. The molecular weight excluding hydrogens is 422 g/mol. The van der Waals surface area contributed by atoms with Crippen LogP contribution in [0.25, 0.3) is 0 Å². The number of benzene rings is 1. The minimum absolute atomic E-state index is 0.102. The molecule has 1 aromatic carbocycles. The van der Waals surface area contributed by atoms with E-state index in [-0.39, 0.29) is 30.8 Å². The molecule has 0 unspecified atom stereocenters. The number of tetrazole rings is 1. The first-order chi connectivity index (χ1) is 15.0. The molecule has 1 aliphatic carbocycles. The number of ether oxygens (including phenoxy) is 3. The second-order valence-electron chi connectivity index (χ2n) is 7.18. The van der Waals surface area contributed by atoms with Crippen LogP contribution in [-0.2, 0) is 20.9 Å². The number of methoxy groups -OCH3 is 3. The fourth-order valence-electron chi connectivity index (χ4n) is 3.51. The molecule has 1 saturated carbocycles.